The Morgan fingerprint density at radius 2 is 1.54 bits per heavy atom. The molecule has 1 fully saturated rings. The second-order valence-electron chi connectivity index (χ2n) is 9.02. The molecule has 4 rings (SSSR count). The zero-order chi connectivity index (χ0) is 27.1. The van der Waals surface area contributed by atoms with E-state index in [1.54, 1.807) is 11.8 Å². The molecule has 1 amide bonds. The number of para-hydroxylation sites is 1. The van der Waals surface area contributed by atoms with Crippen molar-refractivity contribution in [3.8, 4) is 0 Å². The van der Waals surface area contributed by atoms with E-state index in [9.17, 15) is 4.79 Å². The Bertz CT molecular complexity index is 1060. The van der Waals surface area contributed by atoms with Crippen LogP contribution in [0.5, 0.6) is 0 Å². The van der Waals surface area contributed by atoms with Crippen molar-refractivity contribution >= 4 is 29.4 Å². The van der Waals surface area contributed by atoms with Crippen molar-refractivity contribution in [3.63, 3.8) is 0 Å². The topological polar surface area (TPSA) is 111 Å². The van der Waals surface area contributed by atoms with Gasteiger partial charge < -0.3 is 34.9 Å². The highest BCUT2D eigenvalue weighted by atomic mass is 32.2. The van der Waals surface area contributed by atoms with Gasteiger partial charge in [0.2, 0.25) is 0 Å². The Kier molecular flexibility index (Phi) is 12.4. The molecular formula is C28H39N5O5S. The third-order valence-electron chi connectivity index (χ3n) is 6.27. The van der Waals surface area contributed by atoms with Crippen molar-refractivity contribution in [2.45, 2.75) is 9.79 Å². The van der Waals surface area contributed by atoms with Crippen molar-refractivity contribution in [3.05, 3.63) is 54.1 Å². The number of carbonyl (C=O) groups excluding carboxylic acids is 1. The van der Waals surface area contributed by atoms with Gasteiger partial charge in [-0.2, -0.15) is 0 Å². The molecule has 2 aliphatic rings. The predicted octanol–water partition coefficient (Wildman–Crippen LogP) is 2.58. The average Bonchev–Trinajstić information content (AvgIpc) is 3.13. The number of benzene rings is 2. The summed E-state index contributed by atoms with van der Waals surface area (Å²) in [5.74, 6) is 1.05. The van der Waals surface area contributed by atoms with Crippen molar-refractivity contribution in [2.75, 3.05) is 92.1 Å². The van der Waals surface area contributed by atoms with Crippen LogP contribution in [0, 0.1) is 0 Å². The van der Waals surface area contributed by atoms with E-state index in [1.165, 1.54) is 15.4 Å². The lowest BCUT2D eigenvalue weighted by Gasteiger charge is -2.36. The van der Waals surface area contributed by atoms with E-state index in [2.05, 4.69) is 57.6 Å². The molecule has 11 heteroatoms. The monoisotopic (exact) mass is 557 g/mol. The number of nitrogens with one attached hydrogen (secondary N) is 1. The maximum absolute atomic E-state index is 11.7. The van der Waals surface area contributed by atoms with Gasteiger partial charge in [0.1, 0.15) is 12.4 Å². The van der Waals surface area contributed by atoms with Crippen LogP contribution in [0.3, 0.4) is 0 Å². The van der Waals surface area contributed by atoms with Crippen LogP contribution in [-0.4, -0.2) is 114 Å². The van der Waals surface area contributed by atoms with Gasteiger partial charge in [-0.25, -0.2) is 9.79 Å². The quantitative estimate of drug-likeness (QED) is 0.339. The van der Waals surface area contributed by atoms with E-state index in [-0.39, 0.29) is 6.61 Å². The summed E-state index contributed by atoms with van der Waals surface area (Å²) in [6.45, 7) is 8.49. The minimum atomic E-state index is -0.471. The first-order valence-electron chi connectivity index (χ1n) is 13.5. The van der Waals surface area contributed by atoms with E-state index >= 15 is 0 Å². The number of aliphatic imine (C=N–C) groups is 1. The summed E-state index contributed by atoms with van der Waals surface area (Å²) >= 11 is 1.78. The fraction of sp³-hybridized carbons (Fsp3) is 0.500. The van der Waals surface area contributed by atoms with Gasteiger partial charge >= 0.3 is 6.09 Å². The van der Waals surface area contributed by atoms with Gasteiger partial charge in [-0.15, -0.1) is 0 Å². The summed E-state index contributed by atoms with van der Waals surface area (Å²) < 4.78 is 21.4. The summed E-state index contributed by atoms with van der Waals surface area (Å²) in [7, 11) is 0. The zero-order valence-corrected chi connectivity index (χ0v) is 23.2. The van der Waals surface area contributed by atoms with Crippen LogP contribution in [0.1, 0.15) is 5.56 Å². The van der Waals surface area contributed by atoms with Crippen LogP contribution in [0.4, 0.5) is 10.5 Å². The predicted molar refractivity (Wildman–Crippen MR) is 152 cm³/mol. The maximum Gasteiger partial charge on any atom is 0.407 e. The molecule has 0 unspecified atom stereocenters. The zero-order valence-electron chi connectivity index (χ0n) is 22.4. The molecule has 0 radical (unpaired) electrons. The lowest BCUT2D eigenvalue weighted by atomic mass is 10.1. The van der Waals surface area contributed by atoms with Crippen LogP contribution in [-0.2, 0) is 18.9 Å². The third kappa shape index (κ3) is 9.48. The van der Waals surface area contributed by atoms with Gasteiger partial charge in [0.25, 0.3) is 0 Å². The molecule has 0 atom stereocenters. The van der Waals surface area contributed by atoms with Gasteiger partial charge in [-0.05, 0) is 18.2 Å². The van der Waals surface area contributed by atoms with Gasteiger partial charge in [-0.3, -0.25) is 4.90 Å². The van der Waals surface area contributed by atoms with Crippen molar-refractivity contribution in [2.24, 2.45) is 10.7 Å². The molecular weight excluding hydrogens is 518 g/mol. The highest BCUT2D eigenvalue weighted by Crippen LogP contribution is 2.40. The van der Waals surface area contributed by atoms with E-state index in [1.807, 2.05) is 6.07 Å². The van der Waals surface area contributed by atoms with Crippen LogP contribution >= 0.6 is 11.8 Å². The van der Waals surface area contributed by atoms with Crippen LogP contribution < -0.4 is 11.1 Å². The molecule has 212 valence electrons. The Hall–Kier alpha value is -2.67. The number of carbonyl (C=O) groups is 1. The summed E-state index contributed by atoms with van der Waals surface area (Å²) in [5.41, 5.74) is 7.56. The molecule has 1 saturated heterocycles. The first kappa shape index (κ1) is 29.3. The molecule has 2 heterocycles. The number of hydrogen-bond acceptors (Lipinski definition) is 10. The molecule has 0 spiro atoms. The normalized spacial score (nSPS) is 15.2. The number of amides is 1. The Morgan fingerprint density at radius 1 is 0.846 bits per heavy atom. The number of ether oxygens (including phenoxy) is 4. The molecule has 10 nitrogen and oxygen atoms in total. The summed E-state index contributed by atoms with van der Waals surface area (Å²) in [5, 5.41) is 2.65. The average molecular weight is 558 g/mol. The smallest absolute Gasteiger partial charge is 0.407 e. The fourth-order valence-electron chi connectivity index (χ4n) is 4.26. The summed E-state index contributed by atoms with van der Waals surface area (Å²) in [6.07, 6.45) is -0.471. The number of rotatable bonds is 14. The second kappa shape index (κ2) is 16.4. The van der Waals surface area contributed by atoms with Crippen LogP contribution in [0.2, 0.25) is 0 Å². The number of hydrogen-bond donors (Lipinski definition) is 2. The fourth-order valence-corrected chi connectivity index (χ4v) is 5.28. The SMILES string of the molecule is NCCOCCOCCNC(=O)OCCOCCN1CCN(C2=Nc3ccccc3Sc3ccccc32)CC1. The van der Waals surface area contributed by atoms with Crippen LogP contribution in [0.25, 0.3) is 0 Å². The Balaban J connectivity index is 1.09. The molecule has 0 bridgehead atoms. The number of fused-ring (bicyclic) bond motifs is 2. The van der Waals surface area contributed by atoms with Crippen molar-refractivity contribution in [1.82, 2.24) is 15.1 Å². The van der Waals surface area contributed by atoms with E-state index in [0.29, 0.717) is 52.7 Å². The van der Waals surface area contributed by atoms with E-state index in [4.69, 9.17) is 29.7 Å². The van der Waals surface area contributed by atoms with Gasteiger partial charge in [0.05, 0.1) is 45.3 Å². The van der Waals surface area contributed by atoms with Crippen LogP contribution in [0.15, 0.2) is 63.3 Å². The first-order valence-corrected chi connectivity index (χ1v) is 14.3. The number of amidine groups is 1. The van der Waals surface area contributed by atoms with E-state index in [0.717, 1.165) is 44.2 Å². The van der Waals surface area contributed by atoms with Gasteiger partial charge in [-0.1, -0.05) is 42.1 Å². The summed E-state index contributed by atoms with van der Waals surface area (Å²) in [6, 6.07) is 16.9. The highest BCUT2D eigenvalue weighted by Gasteiger charge is 2.25. The molecule has 2 aromatic carbocycles. The number of nitrogens with zero attached hydrogens (tertiary/aromatic N) is 3. The van der Waals surface area contributed by atoms with Crippen molar-refractivity contribution < 1.29 is 23.7 Å². The lowest BCUT2D eigenvalue weighted by Crippen LogP contribution is -2.49. The molecule has 0 saturated carbocycles. The Labute approximate surface area is 234 Å². The number of alkyl carbamates (subject to hydrolysis) is 1. The lowest BCUT2D eigenvalue weighted by molar-refractivity contribution is 0.0465. The van der Waals surface area contributed by atoms with Gasteiger partial charge in [0.15, 0.2) is 0 Å². The third-order valence-corrected chi connectivity index (χ3v) is 7.41. The molecule has 3 N–H and O–H groups in total. The molecule has 39 heavy (non-hydrogen) atoms. The molecule has 0 aromatic heterocycles. The van der Waals surface area contributed by atoms with E-state index < -0.39 is 6.09 Å². The molecule has 2 aromatic rings. The standard InChI is InChI=1S/C28H39N5O5S/c29-9-16-35-19-20-36-17-10-30-28(34)38-22-21-37-18-15-32-11-13-33(14-12-32)27-23-5-1-3-7-25(23)39-26-8-4-2-6-24(26)31-27/h1-8H,9-22,29H2,(H,30,34). The minimum absolute atomic E-state index is 0.214. The first-order chi connectivity index (χ1) is 19.2. The Morgan fingerprint density at radius 3 is 2.36 bits per heavy atom. The summed E-state index contributed by atoms with van der Waals surface area (Å²) in [4.78, 5) is 24.0. The maximum atomic E-state index is 11.7. The highest BCUT2D eigenvalue weighted by molar-refractivity contribution is 7.99. The molecule has 0 aliphatic carbocycles. The van der Waals surface area contributed by atoms with Gasteiger partial charge in [0, 0.05) is 61.2 Å². The largest absolute Gasteiger partial charge is 0.447 e. The minimum Gasteiger partial charge on any atom is -0.447 e. The number of piperazine rings is 1. The molecule has 2 aliphatic heterocycles. The second-order valence-corrected chi connectivity index (χ2v) is 10.1. The van der Waals surface area contributed by atoms with Crippen molar-refractivity contribution in [1.29, 1.82) is 0 Å². The number of nitrogens with two attached hydrogens (primary N) is 1.